The van der Waals surface area contributed by atoms with Gasteiger partial charge in [0.1, 0.15) is 0 Å². The van der Waals surface area contributed by atoms with Crippen molar-refractivity contribution in [1.29, 1.82) is 0 Å². The molecule has 1 aromatic rings. The summed E-state index contributed by atoms with van der Waals surface area (Å²) < 4.78 is 0. The van der Waals surface area contributed by atoms with Gasteiger partial charge < -0.3 is 14.7 Å². The minimum Gasteiger partial charge on any atom is -0.330 e. The summed E-state index contributed by atoms with van der Waals surface area (Å²) in [6, 6.07) is 12.0. The van der Waals surface area contributed by atoms with Crippen molar-refractivity contribution in [1.82, 2.24) is 14.7 Å². The quantitative estimate of drug-likeness (QED) is 0.774. The number of thioether (sulfide) groups is 1. The topological polar surface area (TPSA) is 26.8 Å². The fourth-order valence-corrected chi connectivity index (χ4v) is 7.57. The predicted molar refractivity (Wildman–Crippen MR) is 118 cm³/mol. The van der Waals surface area contributed by atoms with Crippen LogP contribution in [-0.4, -0.2) is 83.5 Å². The molecule has 0 aromatic heterocycles. The van der Waals surface area contributed by atoms with E-state index in [9.17, 15) is 4.79 Å². The lowest BCUT2D eigenvalue weighted by atomic mass is 9.83. The molecule has 1 amide bonds. The lowest BCUT2D eigenvalue weighted by molar-refractivity contribution is 0.0328. The molecule has 0 bridgehead atoms. The van der Waals surface area contributed by atoms with E-state index >= 15 is 0 Å². The SMILES string of the molecule is CN(C)C1CCC2C(C1)SC1CC(N(C)C)CCC1N2C(=O)c1ccccc1. The minimum atomic E-state index is 0.262. The third-order valence-corrected chi connectivity index (χ3v) is 8.95. The molecule has 6 unspecified atom stereocenters. The van der Waals surface area contributed by atoms with E-state index in [0.29, 0.717) is 34.7 Å². The molecule has 154 valence electrons. The van der Waals surface area contributed by atoms with E-state index < -0.39 is 0 Å². The van der Waals surface area contributed by atoms with Crippen LogP contribution in [0.25, 0.3) is 0 Å². The zero-order valence-corrected chi connectivity index (χ0v) is 18.6. The fourth-order valence-electron chi connectivity index (χ4n) is 5.55. The predicted octanol–water partition coefficient (Wildman–Crippen LogP) is 3.58. The third-order valence-electron chi connectivity index (χ3n) is 7.24. The van der Waals surface area contributed by atoms with Crippen molar-refractivity contribution in [3.8, 4) is 0 Å². The molecule has 2 aliphatic carbocycles. The van der Waals surface area contributed by atoms with Crippen molar-refractivity contribution in [2.75, 3.05) is 28.2 Å². The molecule has 1 saturated heterocycles. The Hall–Kier alpha value is -1.04. The highest BCUT2D eigenvalue weighted by molar-refractivity contribution is 8.00. The molecule has 1 heterocycles. The average Bonchev–Trinajstić information content (AvgIpc) is 2.71. The molecular weight excluding hydrogens is 366 g/mol. The smallest absolute Gasteiger partial charge is 0.254 e. The molecule has 4 rings (SSSR count). The lowest BCUT2D eigenvalue weighted by Gasteiger charge is -2.56. The van der Waals surface area contributed by atoms with Crippen LogP contribution in [0.4, 0.5) is 0 Å². The highest BCUT2D eigenvalue weighted by Gasteiger charge is 2.49. The number of fused-ring (bicyclic) bond motifs is 2. The Morgan fingerprint density at radius 1 is 0.857 bits per heavy atom. The number of amides is 1. The van der Waals surface area contributed by atoms with Crippen LogP contribution in [0.5, 0.6) is 0 Å². The summed E-state index contributed by atoms with van der Waals surface area (Å²) in [7, 11) is 8.82. The van der Waals surface area contributed by atoms with E-state index in [1.54, 1.807) is 0 Å². The molecule has 3 aliphatic rings. The van der Waals surface area contributed by atoms with Crippen LogP contribution in [0.2, 0.25) is 0 Å². The summed E-state index contributed by atoms with van der Waals surface area (Å²) in [6.45, 7) is 0. The highest BCUT2D eigenvalue weighted by Crippen LogP contribution is 2.47. The zero-order chi connectivity index (χ0) is 19.8. The maximum atomic E-state index is 13.6. The summed E-state index contributed by atoms with van der Waals surface area (Å²) >= 11 is 2.21. The van der Waals surface area contributed by atoms with Crippen LogP contribution in [-0.2, 0) is 0 Å². The summed E-state index contributed by atoms with van der Waals surface area (Å²) in [5.74, 6) is 0.262. The van der Waals surface area contributed by atoms with Gasteiger partial charge in [-0.05, 0) is 78.8 Å². The van der Waals surface area contributed by atoms with Gasteiger partial charge in [0, 0.05) is 40.2 Å². The van der Waals surface area contributed by atoms with Crippen molar-refractivity contribution in [3.63, 3.8) is 0 Å². The van der Waals surface area contributed by atoms with Gasteiger partial charge in [-0.15, -0.1) is 0 Å². The molecule has 0 N–H and O–H groups in total. The molecule has 3 fully saturated rings. The number of hydrogen-bond acceptors (Lipinski definition) is 4. The van der Waals surface area contributed by atoms with Gasteiger partial charge in [0.25, 0.3) is 5.91 Å². The largest absolute Gasteiger partial charge is 0.330 e. The number of nitrogens with zero attached hydrogens (tertiary/aromatic N) is 3. The first kappa shape index (κ1) is 20.2. The first-order chi connectivity index (χ1) is 13.5. The molecule has 1 aromatic carbocycles. The van der Waals surface area contributed by atoms with Crippen molar-refractivity contribution in [2.45, 2.75) is 73.2 Å². The second kappa shape index (κ2) is 8.37. The Balaban J connectivity index is 1.62. The number of carbonyl (C=O) groups is 1. The van der Waals surface area contributed by atoms with Crippen molar-refractivity contribution in [2.24, 2.45) is 0 Å². The average molecular weight is 402 g/mol. The van der Waals surface area contributed by atoms with Gasteiger partial charge in [0.2, 0.25) is 0 Å². The zero-order valence-electron chi connectivity index (χ0n) is 17.8. The number of benzene rings is 1. The van der Waals surface area contributed by atoms with Crippen LogP contribution < -0.4 is 0 Å². The van der Waals surface area contributed by atoms with Gasteiger partial charge in [-0.1, -0.05) is 18.2 Å². The monoisotopic (exact) mass is 401 g/mol. The summed E-state index contributed by atoms with van der Waals surface area (Å²) in [6.07, 6.45) is 7.09. The molecule has 0 spiro atoms. The van der Waals surface area contributed by atoms with E-state index in [1.807, 2.05) is 30.3 Å². The second-order valence-electron chi connectivity index (χ2n) is 9.29. The second-order valence-corrected chi connectivity index (χ2v) is 10.8. The number of rotatable bonds is 3. The Kier molecular flexibility index (Phi) is 6.05. The molecule has 2 saturated carbocycles. The highest BCUT2D eigenvalue weighted by atomic mass is 32.2. The lowest BCUT2D eigenvalue weighted by Crippen LogP contribution is -2.63. The summed E-state index contributed by atoms with van der Waals surface area (Å²) in [4.78, 5) is 20.8. The van der Waals surface area contributed by atoms with Crippen molar-refractivity contribution >= 4 is 17.7 Å². The van der Waals surface area contributed by atoms with Gasteiger partial charge in [0.05, 0.1) is 0 Å². The van der Waals surface area contributed by atoms with Crippen LogP contribution >= 0.6 is 11.8 Å². The van der Waals surface area contributed by atoms with Crippen LogP contribution in [0.3, 0.4) is 0 Å². The Morgan fingerprint density at radius 2 is 1.36 bits per heavy atom. The normalized spacial score (nSPS) is 35.6. The maximum Gasteiger partial charge on any atom is 0.254 e. The van der Waals surface area contributed by atoms with Crippen LogP contribution in [0.1, 0.15) is 48.9 Å². The first-order valence-corrected chi connectivity index (χ1v) is 11.8. The molecule has 4 nitrogen and oxygen atoms in total. The van der Waals surface area contributed by atoms with Crippen LogP contribution in [0, 0.1) is 0 Å². The third kappa shape index (κ3) is 3.86. The Labute approximate surface area is 174 Å². The number of carbonyl (C=O) groups excluding carboxylic acids is 1. The van der Waals surface area contributed by atoms with E-state index in [-0.39, 0.29) is 5.91 Å². The van der Waals surface area contributed by atoms with Gasteiger partial charge in [-0.2, -0.15) is 11.8 Å². The van der Waals surface area contributed by atoms with Crippen LogP contribution in [0.15, 0.2) is 30.3 Å². The van der Waals surface area contributed by atoms with E-state index in [4.69, 9.17) is 0 Å². The molecule has 6 atom stereocenters. The fraction of sp³-hybridized carbons (Fsp3) is 0.696. The van der Waals surface area contributed by atoms with Gasteiger partial charge in [0.15, 0.2) is 0 Å². The van der Waals surface area contributed by atoms with Gasteiger partial charge in [-0.25, -0.2) is 0 Å². The Morgan fingerprint density at radius 3 is 1.82 bits per heavy atom. The molecular formula is C23H35N3OS. The standard InChI is InChI=1S/C23H35N3OS/c1-24(2)17-10-12-19-21(14-17)28-22-15-18(25(3)4)11-13-20(22)26(19)23(27)16-8-6-5-7-9-16/h5-9,17-22H,10-15H2,1-4H3. The molecule has 0 radical (unpaired) electrons. The minimum absolute atomic E-state index is 0.262. The summed E-state index contributed by atoms with van der Waals surface area (Å²) in [5, 5.41) is 1.13. The Bertz CT molecular complexity index is 648. The molecule has 5 heteroatoms. The summed E-state index contributed by atoms with van der Waals surface area (Å²) in [5.41, 5.74) is 0.858. The maximum absolute atomic E-state index is 13.6. The molecule has 1 aliphatic heterocycles. The van der Waals surface area contributed by atoms with E-state index in [1.165, 1.54) is 25.7 Å². The van der Waals surface area contributed by atoms with Gasteiger partial charge in [-0.3, -0.25) is 4.79 Å². The first-order valence-electron chi connectivity index (χ1n) is 10.8. The van der Waals surface area contributed by atoms with E-state index in [0.717, 1.165) is 18.4 Å². The molecule has 28 heavy (non-hydrogen) atoms. The van der Waals surface area contributed by atoms with Gasteiger partial charge >= 0.3 is 0 Å². The van der Waals surface area contributed by atoms with Crippen molar-refractivity contribution in [3.05, 3.63) is 35.9 Å². The van der Waals surface area contributed by atoms with E-state index in [2.05, 4.69) is 54.7 Å². The van der Waals surface area contributed by atoms with Crippen molar-refractivity contribution < 1.29 is 4.79 Å². The number of hydrogen-bond donors (Lipinski definition) is 0.